The van der Waals surface area contributed by atoms with Gasteiger partial charge in [-0.15, -0.1) is 22.9 Å². The van der Waals surface area contributed by atoms with Crippen LogP contribution < -0.4 is 0 Å². The molecule has 2 heterocycles. The standard InChI is InChI=1S/C13H18ClN3O2S2/c1-4-17-7-12(5-11(17)6-14)21(18,19)16(3)8-13-10(2)15-9-20-13/h5,7,9H,4,6,8H2,1-3H3. The molecule has 0 aliphatic rings. The minimum absolute atomic E-state index is 0.282. The molecule has 0 fully saturated rings. The van der Waals surface area contributed by atoms with Gasteiger partial charge in [-0.2, -0.15) is 4.31 Å². The SMILES string of the molecule is CCn1cc(S(=O)(=O)N(C)Cc2scnc2C)cc1CCl. The van der Waals surface area contributed by atoms with Crippen LogP contribution >= 0.6 is 22.9 Å². The maximum atomic E-state index is 12.6. The number of aryl methyl sites for hydroxylation is 2. The summed E-state index contributed by atoms with van der Waals surface area (Å²) >= 11 is 7.32. The molecule has 2 aromatic heterocycles. The minimum atomic E-state index is -3.52. The fourth-order valence-corrected chi connectivity index (χ4v) is 4.36. The Labute approximate surface area is 134 Å². The highest BCUT2D eigenvalue weighted by Crippen LogP contribution is 2.22. The largest absolute Gasteiger partial charge is 0.349 e. The summed E-state index contributed by atoms with van der Waals surface area (Å²) in [6, 6.07) is 1.64. The summed E-state index contributed by atoms with van der Waals surface area (Å²) in [4.78, 5) is 5.38. The predicted molar refractivity (Wildman–Crippen MR) is 85.2 cm³/mol. The smallest absolute Gasteiger partial charge is 0.244 e. The maximum absolute atomic E-state index is 12.6. The Morgan fingerprint density at radius 3 is 2.67 bits per heavy atom. The van der Waals surface area contributed by atoms with Crippen molar-refractivity contribution in [2.75, 3.05) is 7.05 Å². The Kier molecular flexibility index (Phi) is 5.08. The molecule has 2 rings (SSSR count). The second kappa shape index (κ2) is 6.48. The summed E-state index contributed by atoms with van der Waals surface area (Å²) in [7, 11) is -1.94. The van der Waals surface area contributed by atoms with Crippen LogP contribution in [0.2, 0.25) is 0 Å². The van der Waals surface area contributed by atoms with Gasteiger partial charge in [0.2, 0.25) is 10.0 Å². The van der Waals surface area contributed by atoms with Gasteiger partial charge in [0.15, 0.2) is 0 Å². The molecule has 8 heteroatoms. The molecule has 0 saturated carbocycles. The summed E-state index contributed by atoms with van der Waals surface area (Å²) in [5.74, 6) is 0.293. The van der Waals surface area contributed by atoms with Crippen LogP contribution in [0.3, 0.4) is 0 Å². The first-order valence-corrected chi connectivity index (χ1v) is 9.35. The van der Waals surface area contributed by atoms with Gasteiger partial charge in [-0.05, 0) is 19.9 Å². The molecular formula is C13H18ClN3O2S2. The van der Waals surface area contributed by atoms with Gasteiger partial charge >= 0.3 is 0 Å². The zero-order chi connectivity index (χ0) is 15.6. The van der Waals surface area contributed by atoms with Gasteiger partial charge in [0.1, 0.15) is 4.90 Å². The van der Waals surface area contributed by atoms with Gasteiger partial charge in [0.25, 0.3) is 0 Å². The molecule has 116 valence electrons. The van der Waals surface area contributed by atoms with E-state index in [2.05, 4.69) is 4.98 Å². The molecule has 0 unspecified atom stereocenters. The molecule has 0 radical (unpaired) electrons. The van der Waals surface area contributed by atoms with Gasteiger partial charge in [0, 0.05) is 36.9 Å². The minimum Gasteiger partial charge on any atom is -0.349 e. The van der Waals surface area contributed by atoms with E-state index in [1.54, 1.807) is 24.8 Å². The normalized spacial score (nSPS) is 12.2. The van der Waals surface area contributed by atoms with Gasteiger partial charge in [0.05, 0.1) is 17.1 Å². The second-order valence-electron chi connectivity index (χ2n) is 4.71. The summed E-state index contributed by atoms with van der Waals surface area (Å²) in [6.07, 6.45) is 1.64. The molecule has 0 spiro atoms. The zero-order valence-electron chi connectivity index (χ0n) is 12.2. The van der Waals surface area contributed by atoms with Crippen molar-refractivity contribution in [1.82, 2.24) is 13.9 Å². The lowest BCUT2D eigenvalue weighted by Gasteiger charge is -2.15. The van der Waals surface area contributed by atoms with Gasteiger partial charge < -0.3 is 4.57 Å². The highest BCUT2D eigenvalue weighted by molar-refractivity contribution is 7.89. The lowest BCUT2D eigenvalue weighted by atomic mass is 10.4. The molecule has 0 saturated heterocycles. The fraction of sp³-hybridized carbons (Fsp3) is 0.462. The number of hydrogen-bond donors (Lipinski definition) is 0. The Morgan fingerprint density at radius 2 is 2.19 bits per heavy atom. The zero-order valence-corrected chi connectivity index (χ0v) is 14.6. The average molecular weight is 348 g/mol. The van der Waals surface area contributed by atoms with E-state index in [4.69, 9.17) is 11.6 Å². The van der Waals surface area contributed by atoms with E-state index >= 15 is 0 Å². The van der Waals surface area contributed by atoms with Crippen molar-refractivity contribution in [3.63, 3.8) is 0 Å². The quantitative estimate of drug-likeness (QED) is 0.755. The second-order valence-corrected chi connectivity index (χ2v) is 7.96. The monoisotopic (exact) mass is 347 g/mol. The lowest BCUT2D eigenvalue weighted by Crippen LogP contribution is -2.26. The molecule has 21 heavy (non-hydrogen) atoms. The first-order chi connectivity index (χ1) is 9.90. The first-order valence-electron chi connectivity index (χ1n) is 6.50. The molecule has 0 aromatic carbocycles. The number of thiazole rings is 1. The van der Waals surface area contributed by atoms with Crippen LogP contribution in [0.15, 0.2) is 22.7 Å². The van der Waals surface area contributed by atoms with Crippen molar-refractivity contribution < 1.29 is 8.42 Å². The van der Waals surface area contributed by atoms with Crippen molar-refractivity contribution in [3.05, 3.63) is 34.0 Å². The van der Waals surface area contributed by atoms with Crippen LogP contribution in [0.1, 0.15) is 23.2 Å². The van der Waals surface area contributed by atoms with Gasteiger partial charge in [-0.3, -0.25) is 0 Å². The molecule has 0 amide bonds. The van der Waals surface area contributed by atoms with Crippen LogP contribution in [-0.2, 0) is 29.0 Å². The highest BCUT2D eigenvalue weighted by atomic mass is 35.5. The van der Waals surface area contributed by atoms with Crippen molar-refractivity contribution in [2.24, 2.45) is 0 Å². The number of aromatic nitrogens is 2. The van der Waals surface area contributed by atoms with Crippen LogP contribution in [0.4, 0.5) is 0 Å². The fourth-order valence-electron chi connectivity index (χ4n) is 2.02. The Morgan fingerprint density at radius 1 is 1.48 bits per heavy atom. The number of nitrogens with zero attached hydrogens (tertiary/aromatic N) is 3. The molecular weight excluding hydrogens is 330 g/mol. The first kappa shape index (κ1) is 16.5. The molecule has 0 aliphatic heterocycles. The van der Waals surface area contributed by atoms with Crippen molar-refractivity contribution in [1.29, 1.82) is 0 Å². The average Bonchev–Trinajstić information content (AvgIpc) is 3.05. The Balaban J connectivity index is 2.28. The molecule has 2 aromatic rings. The van der Waals surface area contributed by atoms with E-state index in [0.717, 1.165) is 16.3 Å². The lowest BCUT2D eigenvalue weighted by molar-refractivity contribution is 0.468. The van der Waals surface area contributed by atoms with E-state index in [-0.39, 0.29) is 4.90 Å². The van der Waals surface area contributed by atoms with Gasteiger partial charge in [-0.25, -0.2) is 13.4 Å². The number of halogens is 1. The number of rotatable bonds is 6. The highest BCUT2D eigenvalue weighted by Gasteiger charge is 2.24. The van der Waals surface area contributed by atoms with E-state index in [9.17, 15) is 8.42 Å². The Bertz CT molecular complexity index is 700. The number of hydrogen-bond acceptors (Lipinski definition) is 4. The van der Waals surface area contributed by atoms with Crippen LogP contribution in [-0.4, -0.2) is 29.3 Å². The molecule has 0 atom stereocenters. The third-order valence-electron chi connectivity index (χ3n) is 3.36. The van der Waals surface area contributed by atoms with E-state index in [1.807, 2.05) is 18.4 Å². The molecule has 0 bridgehead atoms. The van der Waals surface area contributed by atoms with Crippen LogP contribution in [0.25, 0.3) is 0 Å². The van der Waals surface area contributed by atoms with Crippen LogP contribution in [0, 0.1) is 6.92 Å². The van der Waals surface area contributed by atoms with E-state index < -0.39 is 10.0 Å². The third kappa shape index (κ3) is 3.31. The maximum Gasteiger partial charge on any atom is 0.244 e. The molecule has 0 N–H and O–H groups in total. The van der Waals surface area contributed by atoms with E-state index in [0.29, 0.717) is 19.0 Å². The Hall–Kier alpha value is -0.890. The van der Waals surface area contributed by atoms with E-state index in [1.165, 1.54) is 15.6 Å². The molecule has 0 aliphatic carbocycles. The van der Waals surface area contributed by atoms with Crippen molar-refractivity contribution in [2.45, 2.75) is 37.7 Å². The predicted octanol–water partition coefficient (Wildman–Crippen LogP) is 2.83. The van der Waals surface area contributed by atoms with Gasteiger partial charge in [-0.1, -0.05) is 0 Å². The van der Waals surface area contributed by atoms with Crippen LogP contribution in [0.5, 0.6) is 0 Å². The topological polar surface area (TPSA) is 55.2 Å². The summed E-state index contributed by atoms with van der Waals surface area (Å²) < 4.78 is 28.4. The summed E-state index contributed by atoms with van der Waals surface area (Å²) in [5.41, 5.74) is 3.40. The van der Waals surface area contributed by atoms with Crippen molar-refractivity contribution >= 4 is 33.0 Å². The summed E-state index contributed by atoms with van der Waals surface area (Å²) in [6.45, 7) is 4.85. The summed E-state index contributed by atoms with van der Waals surface area (Å²) in [5, 5.41) is 0. The number of alkyl halides is 1. The van der Waals surface area contributed by atoms with Crippen molar-refractivity contribution in [3.8, 4) is 0 Å². The molecule has 5 nitrogen and oxygen atoms in total. The number of sulfonamides is 1. The third-order valence-corrected chi connectivity index (χ3v) is 6.32.